The van der Waals surface area contributed by atoms with E-state index >= 15 is 0 Å². The molecule has 1 aromatic heterocycles. The van der Waals surface area contributed by atoms with E-state index in [2.05, 4.69) is 26.4 Å². The van der Waals surface area contributed by atoms with Gasteiger partial charge in [0.1, 0.15) is 12.3 Å². The molecule has 0 saturated carbocycles. The number of amides is 1. The van der Waals surface area contributed by atoms with E-state index in [1.807, 2.05) is 0 Å². The average Bonchev–Trinajstić information content (AvgIpc) is 2.82. The fraction of sp³-hybridized carbons (Fsp3) is 0.167. The summed E-state index contributed by atoms with van der Waals surface area (Å²) in [6.07, 6.45) is 0. The Hall–Kier alpha value is -1.80. The van der Waals surface area contributed by atoms with Crippen LogP contribution >= 0.6 is 15.9 Å². The highest BCUT2D eigenvalue weighted by atomic mass is 79.9. The molecule has 0 unspecified atom stereocenters. The minimum absolute atomic E-state index is 0.0984. The first-order valence-electron chi connectivity index (χ1n) is 5.41. The molecule has 0 fully saturated rings. The Morgan fingerprint density at radius 2 is 2.05 bits per heavy atom. The number of hydrogen-bond donors (Lipinski definition) is 1. The minimum Gasteiger partial charge on any atom is -0.377 e. The molecule has 1 N–H and O–H groups in total. The van der Waals surface area contributed by atoms with E-state index in [4.69, 9.17) is 9.26 Å². The number of benzene rings is 1. The van der Waals surface area contributed by atoms with E-state index in [9.17, 15) is 13.6 Å². The Morgan fingerprint density at radius 1 is 1.40 bits per heavy atom. The summed E-state index contributed by atoms with van der Waals surface area (Å²) in [5.74, 6) is -2.25. The van der Waals surface area contributed by atoms with Crippen LogP contribution in [0, 0.1) is 11.6 Å². The predicted molar refractivity (Wildman–Crippen MR) is 69.2 cm³/mol. The van der Waals surface area contributed by atoms with Crippen molar-refractivity contribution < 1.29 is 22.8 Å². The first kappa shape index (κ1) is 14.6. The summed E-state index contributed by atoms with van der Waals surface area (Å²) in [4.78, 5) is 11.8. The number of carbonyl (C=O) groups excluding carboxylic acids is 1. The molecule has 8 heteroatoms. The molecule has 0 spiro atoms. The van der Waals surface area contributed by atoms with Crippen molar-refractivity contribution in [2.24, 2.45) is 0 Å². The van der Waals surface area contributed by atoms with Gasteiger partial charge < -0.3 is 14.6 Å². The Morgan fingerprint density at radius 3 is 2.65 bits per heavy atom. The van der Waals surface area contributed by atoms with Crippen molar-refractivity contribution in [2.45, 2.75) is 6.61 Å². The Bertz CT molecular complexity index is 622. The number of nitrogens with one attached hydrogen (secondary N) is 1. The van der Waals surface area contributed by atoms with Crippen molar-refractivity contribution in [3.63, 3.8) is 0 Å². The van der Waals surface area contributed by atoms with Crippen LogP contribution in [0.2, 0.25) is 0 Å². The molecular formula is C12H9BrF2N2O3. The van der Waals surface area contributed by atoms with Gasteiger partial charge in [-0.3, -0.25) is 4.79 Å². The second kappa shape index (κ2) is 6.10. The highest BCUT2D eigenvalue weighted by molar-refractivity contribution is 9.10. The lowest BCUT2D eigenvalue weighted by molar-refractivity contribution is 0.101. The fourth-order valence-electron chi connectivity index (χ4n) is 1.47. The summed E-state index contributed by atoms with van der Waals surface area (Å²) in [7, 11) is 1.45. The molecule has 1 heterocycles. The van der Waals surface area contributed by atoms with Crippen LogP contribution in [0.15, 0.2) is 27.2 Å². The zero-order valence-electron chi connectivity index (χ0n) is 10.2. The van der Waals surface area contributed by atoms with Gasteiger partial charge in [0.05, 0.1) is 0 Å². The molecule has 0 radical (unpaired) electrons. The third-order valence-electron chi connectivity index (χ3n) is 2.32. The minimum atomic E-state index is -0.897. The number of nitrogens with zero attached hydrogens (tertiary/aromatic N) is 1. The number of rotatable bonds is 4. The van der Waals surface area contributed by atoms with Crippen molar-refractivity contribution in [2.75, 3.05) is 12.4 Å². The second-order valence-corrected chi connectivity index (χ2v) is 4.73. The molecule has 2 aromatic rings. The molecule has 2 rings (SSSR count). The topological polar surface area (TPSA) is 64.4 Å². The standard InChI is InChI=1S/C12H9BrF2N2O3/c1-19-5-7-4-10(17-20-7)12(18)16-11-8(14)2-6(13)3-9(11)15/h2-4H,5H2,1H3,(H,16,18). The normalized spacial score (nSPS) is 10.6. The number of anilines is 1. The van der Waals surface area contributed by atoms with E-state index in [1.54, 1.807) is 0 Å². The maximum Gasteiger partial charge on any atom is 0.278 e. The lowest BCUT2D eigenvalue weighted by Crippen LogP contribution is -2.14. The summed E-state index contributed by atoms with van der Waals surface area (Å²) in [5, 5.41) is 5.59. The van der Waals surface area contributed by atoms with E-state index < -0.39 is 23.2 Å². The van der Waals surface area contributed by atoms with E-state index in [0.717, 1.165) is 12.1 Å². The van der Waals surface area contributed by atoms with Gasteiger partial charge in [-0.25, -0.2) is 8.78 Å². The van der Waals surface area contributed by atoms with Crippen LogP contribution in [0.4, 0.5) is 14.5 Å². The van der Waals surface area contributed by atoms with Crippen LogP contribution in [-0.2, 0) is 11.3 Å². The summed E-state index contributed by atoms with van der Waals surface area (Å²) in [5.41, 5.74) is -0.645. The third kappa shape index (κ3) is 3.20. The molecule has 0 aliphatic carbocycles. The average molecular weight is 347 g/mol. The Labute approximate surface area is 121 Å². The zero-order chi connectivity index (χ0) is 14.7. The molecule has 0 aliphatic rings. The molecule has 5 nitrogen and oxygen atoms in total. The quantitative estimate of drug-likeness (QED) is 0.923. The van der Waals surface area contributed by atoms with Crippen LogP contribution in [-0.4, -0.2) is 18.2 Å². The lowest BCUT2D eigenvalue weighted by Gasteiger charge is -2.06. The van der Waals surface area contributed by atoms with Gasteiger partial charge in [-0.15, -0.1) is 0 Å². The van der Waals surface area contributed by atoms with Gasteiger partial charge in [0.25, 0.3) is 5.91 Å². The second-order valence-electron chi connectivity index (χ2n) is 3.81. The third-order valence-corrected chi connectivity index (χ3v) is 2.78. The molecule has 0 bridgehead atoms. The van der Waals surface area contributed by atoms with Gasteiger partial charge in [0, 0.05) is 17.6 Å². The number of carbonyl (C=O) groups is 1. The molecule has 20 heavy (non-hydrogen) atoms. The molecule has 0 saturated heterocycles. The maximum atomic E-state index is 13.6. The van der Waals surface area contributed by atoms with E-state index in [1.165, 1.54) is 13.2 Å². The highest BCUT2D eigenvalue weighted by Crippen LogP contribution is 2.24. The van der Waals surface area contributed by atoms with Crippen LogP contribution in [0.25, 0.3) is 0 Å². The van der Waals surface area contributed by atoms with Crippen molar-refractivity contribution in [3.05, 3.63) is 45.8 Å². The highest BCUT2D eigenvalue weighted by Gasteiger charge is 2.17. The summed E-state index contributed by atoms with van der Waals surface area (Å²) in [6, 6.07) is 3.41. The monoisotopic (exact) mass is 346 g/mol. The molecule has 1 aromatic carbocycles. The molecule has 0 aliphatic heterocycles. The summed E-state index contributed by atoms with van der Waals surface area (Å²) < 4.78 is 37.0. The maximum absolute atomic E-state index is 13.6. The first-order chi connectivity index (χ1) is 9.51. The Kier molecular flexibility index (Phi) is 4.46. The van der Waals surface area contributed by atoms with E-state index in [-0.39, 0.29) is 16.8 Å². The van der Waals surface area contributed by atoms with Gasteiger partial charge in [-0.2, -0.15) is 0 Å². The van der Waals surface area contributed by atoms with Gasteiger partial charge in [-0.05, 0) is 12.1 Å². The molecular weight excluding hydrogens is 338 g/mol. The molecule has 0 atom stereocenters. The SMILES string of the molecule is COCc1cc(C(=O)Nc2c(F)cc(Br)cc2F)no1. The van der Waals surface area contributed by atoms with Crippen molar-refractivity contribution in [1.29, 1.82) is 0 Å². The first-order valence-corrected chi connectivity index (χ1v) is 6.21. The lowest BCUT2D eigenvalue weighted by atomic mass is 10.2. The summed E-state index contributed by atoms with van der Waals surface area (Å²) >= 11 is 2.94. The Balaban J connectivity index is 2.19. The van der Waals surface area contributed by atoms with Crippen molar-refractivity contribution >= 4 is 27.5 Å². The van der Waals surface area contributed by atoms with E-state index in [0.29, 0.717) is 5.76 Å². The number of hydrogen-bond acceptors (Lipinski definition) is 4. The number of methoxy groups -OCH3 is 1. The molecule has 1 amide bonds. The van der Waals surface area contributed by atoms with Crippen LogP contribution in [0.1, 0.15) is 16.2 Å². The van der Waals surface area contributed by atoms with Crippen molar-refractivity contribution in [3.8, 4) is 0 Å². The largest absolute Gasteiger partial charge is 0.377 e. The van der Waals surface area contributed by atoms with Crippen molar-refractivity contribution in [1.82, 2.24) is 5.16 Å². The number of aromatic nitrogens is 1. The van der Waals surface area contributed by atoms with Gasteiger partial charge in [0.2, 0.25) is 0 Å². The predicted octanol–water partition coefficient (Wildman–Crippen LogP) is 3.11. The number of halogens is 3. The van der Waals surface area contributed by atoms with Gasteiger partial charge >= 0.3 is 0 Å². The fourth-order valence-corrected chi connectivity index (χ4v) is 1.87. The van der Waals surface area contributed by atoms with Crippen LogP contribution in [0.5, 0.6) is 0 Å². The molecule has 106 valence electrons. The smallest absolute Gasteiger partial charge is 0.278 e. The van der Waals surface area contributed by atoms with Crippen LogP contribution < -0.4 is 5.32 Å². The van der Waals surface area contributed by atoms with Gasteiger partial charge in [-0.1, -0.05) is 21.1 Å². The zero-order valence-corrected chi connectivity index (χ0v) is 11.8. The summed E-state index contributed by atoms with van der Waals surface area (Å²) in [6.45, 7) is 0.140. The van der Waals surface area contributed by atoms with Crippen LogP contribution in [0.3, 0.4) is 0 Å². The van der Waals surface area contributed by atoms with Gasteiger partial charge in [0.15, 0.2) is 23.1 Å². The number of ether oxygens (including phenoxy) is 1.